The fourth-order valence-electron chi connectivity index (χ4n) is 2.22. The Balaban J connectivity index is 1.69. The summed E-state index contributed by atoms with van der Waals surface area (Å²) in [6.45, 7) is 2.57. The SMILES string of the molecule is NC(=O)C1CC(=O)N(CCNCc2ccccc2)C1. The highest BCUT2D eigenvalue weighted by Gasteiger charge is 2.32. The smallest absolute Gasteiger partial charge is 0.223 e. The van der Waals surface area contributed by atoms with E-state index in [2.05, 4.69) is 17.4 Å². The number of nitrogens with zero attached hydrogens (tertiary/aromatic N) is 1. The first kappa shape index (κ1) is 13.5. The van der Waals surface area contributed by atoms with Gasteiger partial charge in [-0.15, -0.1) is 0 Å². The van der Waals surface area contributed by atoms with Crippen LogP contribution in [-0.2, 0) is 16.1 Å². The number of hydrogen-bond acceptors (Lipinski definition) is 3. The largest absolute Gasteiger partial charge is 0.369 e. The van der Waals surface area contributed by atoms with E-state index in [0.717, 1.165) is 6.54 Å². The van der Waals surface area contributed by atoms with E-state index in [-0.39, 0.29) is 24.2 Å². The molecule has 102 valence electrons. The lowest BCUT2D eigenvalue weighted by molar-refractivity contribution is -0.128. The lowest BCUT2D eigenvalue weighted by Gasteiger charge is -2.16. The van der Waals surface area contributed by atoms with E-state index in [1.807, 2.05) is 18.2 Å². The predicted molar refractivity (Wildman–Crippen MR) is 72.0 cm³/mol. The number of carbonyl (C=O) groups excluding carboxylic acids is 2. The van der Waals surface area contributed by atoms with Crippen molar-refractivity contribution in [3.63, 3.8) is 0 Å². The first-order valence-electron chi connectivity index (χ1n) is 6.48. The highest BCUT2D eigenvalue weighted by molar-refractivity contribution is 5.88. The molecule has 5 nitrogen and oxygen atoms in total. The van der Waals surface area contributed by atoms with Crippen molar-refractivity contribution in [1.29, 1.82) is 0 Å². The van der Waals surface area contributed by atoms with E-state index >= 15 is 0 Å². The molecule has 3 N–H and O–H groups in total. The first-order chi connectivity index (χ1) is 9.16. The number of rotatable bonds is 6. The van der Waals surface area contributed by atoms with Gasteiger partial charge in [0.05, 0.1) is 5.92 Å². The summed E-state index contributed by atoms with van der Waals surface area (Å²) < 4.78 is 0. The van der Waals surface area contributed by atoms with E-state index < -0.39 is 0 Å². The van der Waals surface area contributed by atoms with Crippen LogP contribution in [0.15, 0.2) is 30.3 Å². The summed E-state index contributed by atoms with van der Waals surface area (Å²) in [6.07, 6.45) is 0.258. The third-order valence-corrected chi connectivity index (χ3v) is 3.35. The van der Waals surface area contributed by atoms with Crippen LogP contribution in [0.3, 0.4) is 0 Å². The average Bonchev–Trinajstić information content (AvgIpc) is 2.78. The Morgan fingerprint density at radius 1 is 1.37 bits per heavy atom. The van der Waals surface area contributed by atoms with Crippen molar-refractivity contribution in [3.8, 4) is 0 Å². The highest BCUT2D eigenvalue weighted by atomic mass is 16.2. The maximum absolute atomic E-state index is 11.6. The van der Waals surface area contributed by atoms with E-state index in [4.69, 9.17) is 5.73 Å². The minimum absolute atomic E-state index is 0.0188. The predicted octanol–water partition coefficient (Wildman–Crippen LogP) is 0.110. The normalized spacial score (nSPS) is 18.8. The fourth-order valence-corrected chi connectivity index (χ4v) is 2.22. The summed E-state index contributed by atoms with van der Waals surface area (Å²) in [5.41, 5.74) is 6.43. The molecule has 0 aromatic heterocycles. The van der Waals surface area contributed by atoms with Crippen molar-refractivity contribution in [2.75, 3.05) is 19.6 Å². The molecule has 2 rings (SSSR count). The molecule has 0 spiro atoms. The monoisotopic (exact) mass is 261 g/mol. The summed E-state index contributed by atoms with van der Waals surface area (Å²) in [5, 5.41) is 3.28. The van der Waals surface area contributed by atoms with Crippen LogP contribution in [-0.4, -0.2) is 36.3 Å². The second kappa shape index (κ2) is 6.33. The van der Waals surface area contributed by atoms with Crippen molar-refractivity contribution in [2.24, 2.45) is 11.7 Å². The van der Waals surface area contributed by atoms with Crippen LogP contribution in [0.4, 0.5) is 0 Å². The van der Waals surface area contributed by atoms with Gasteiger partial charge in [-0.25, -0.2) is 0 Å². The van der Waals surface area contributed by atoms with E-state index in [9.17, 15) is 9.59 Å². The Hall–Kier alpha value is -1.88. The Bertz CT molecular complexity index is 447. The Labute approximate surface area is 112 Å². The topological polar surface area (TPSA) is 75.4 Å². The summed E-state index contributed by atoms with van der Waals surface area (Å²) in [7, 11) is 0. The summed E-state index contributed by atoms with van der Waals surface area (Å²) in [6, 6.07) is 10.1. The van der Waals surface area contributed by atoms with Gasteiger partial charge in [-0.2, -0.15) is 0 Å². The highest BCUT2D eigenvalue weighted by Crippen LogP contribution is 2.16. The second-order valence-corrected chi connectivity index (χ2v) is 4.81. The van der Waals surface area contributed by atoms with Crippen molar-refractivity contribution in [2.45, 2.75) is 13.0 Å². The Morgan fingerprint density at radius 3 is 2.74 bits per heavy atom. The number of nitrogens with two attached hydrogens (primary N) is 1. The lowest BCUT2D eigenvalue weighted by atomic mass is 10.1. The molecule has 1 fully saturated rings. The molecule has 1 atom stereocenters. The van der Waals surface area contributed by atoms with Crippen molar-refractivity contribution >= 4 is 11.8 Å². The van der Waals surface area contributed by atoms with Gasteiger partial charge in [-0.3, -0.25) is 9.59 Å². The number of hydrogen-bond donors (Lipinski definition) is 2. The summed E-state index contributed by atoms with van der Waals surface area (Å²) in [4.78, 5) is 24.4. The molecule has 19 heavy (non-hydrogen) atoms. The molecule has 0 saturated carbocycles. The van der Waals surface area contributed by atoms with Gasteiger partial charge in [0.25, 0.3) is 0 Å². The molecule has 1 heterocycles. The fraction of sp³-hybridized carbons (Fsp3) is 0.429. The zero-order valence-corrected chi connectivity index (χ0v) is 10.8. The number of benzene rings is 1. The third-order valence-electron chi connectivity index (χ3n) is 3.35. The standard InChI is InChI=1S/C14H19N3O2/c15-14(19)12-8-13(18)17(10-12)7-6-16-9-11-4-2-1-3-5-11/h1-5,12,16H,6-10H2,(H2,15,19). The van der Waals surface area contributed by atoms with Crippen LogP contribution >= 0.6 is 0 Å². The molecule has 1 aromatic rings. The number of nitrogens with one attached hydrogen (secondary N) is 1. The van der Waals surface area contributed by atoms with Gasteiger partial charge in [0.15, 0.2) is 0 Å². The zero-order chi connectivity index (χ0) is 13.7. The maximum atomic E-state index is 11.6. The lowest BCUT2D eigenvalue weighted by Crippen LogP contribution is -2.34. The number of carbonyl (C=O) groups is 2. The van der Waals surface area contributed by atoms with E-state index in [1.54, 1.807) is 4.90 Å². The Morgan fingerprint density at radius 2 is 2.11 bits per heavy atom. The molecule has 0 aliphatic carbocycles. The number of amides is 2. The molecule has 1 aliphatic rings. The molecule has 2 amide bonds. The molecule has 0 radical (unpaired) electrons. The van der Waals surface area contributed by atoms with Crippen LogP contribution in [0.2, 0.25) is 0 Å². The van der Waals surface area contributed by atoms with Gasteiger partial charge >= 0.3 is 0 Å². The van der Waals surface area contributed by atoms with E-state index in [1.165, 1.54) is 5.56 Å². The maximum Gasteiger partial charge on any atom is 0.223 e. The van der Waals surface area contributed by atoms with Gasteiger partial charge < -0.3 is 16.0 Å². The summed E-state index contributed by atoms with van der Waals surface area (Å²) >= 11 is 0. The van der Waals surface area contributed by atoms with Gasteiger partial charge in [0.2, 0.25) is 11.8 Å². The van der Waals surface area contributed by atoms with E-state index in [0.29, 0.717) is 19.6 Å². The van der Waals surface area contributed by atoms with Crippen molar-refractivity contribution in [1.82, 2.24) is 10.2 Å². The molecule has 0 bridgehead atoms. The molecule has 1 unspecified atom stereocenters. The third kappa shape index (κ3) is 3.79. The molecule has 5 heteroatoms. The molecule has 1 aliphatic heterocycles. The van der Waals surface area contributed by atoms with Crippen LogP contribution in [0.25, 0.3) is 0 Å². The Kier molecular flexibility index (Phi) is 4.52. The minimum Gasteiger partial charge on any atom is -0.369 e. The molecular weight excluding hydrogens is 242 g/mol. The van der Waals surface area contributed by atoms with Crippen LogP contribution in [0, 0.1) is 5.92 Å². The molecule has 1 saturated heterocycles. The van der Waals surface area contributed by atoms with Crippen LogP contribution < -0.4 is 11.1 Å². The molecule has 1 aromatic carbocycles. The quantitative estimate of drug-likeness (QED) is 0.714. The number of likely N-dealkylation sites (tertiary alicyclic amines) is 1. The minimum atomic E-state index is -0.381. The van der Waals surface area contributed by atoms with Crippen molar-refractivity contribution in [3.05, 3.63) is 35.9 Å². The van der Waals surface area contributed by atoms with Crippen molar-refractivity contribution < 1.29 is 9.59 Å². The van der Waals surface area contributed by atoms with Gasteiger partial charge in [-0.05, 0) is 5.56 Å². The van der Waals surface area contributed by atoms with Crippen LogP contribution in [0.5, 0.6) is 0 Å². The summed E-state index contributed by atoms with van der Waals surface area (Å²) in [5.74, 6) is -0.681. The van der Waals surface area contributed by atoms with Gasteiger partial charge in [-0.1, -0.05) is 30.3 Å². The second-order valence-electron chi connectivity index (χ2n) is 4.81. The first-order valence-corrected chi connectivity index (χ1v) is 6.48. The zero-order valence-electron chi connectivity index (χ0n) is 10.8. The van der Waals surface area contributed by atoms with Crippen LogP contribution in [0.1, 0.15) is 12.0 Å². The molecular formula is C14H19N3O2. The number of primary amides is 1. The average molecular weight is 261 g/mol. The van der Waals surface area contributed by atoms with Gasteiger partial charge in [0.1, 0.15) is 0 Å². The van der Waals surface area contributed by atoms with Gasteiger partial charge in [0, 0.05) is 32.6 Å².